The summed E-state index contributed by atoms with van der Waals surface area (Å²) in [5, 5.41) is 8.46. The van der Waals surface area contributed by atoms with E-state index in [4.69, 9.17) is 11.0 Å². The number of nitrogens with two attached hydrogens (primary N) is 1. The number of rotatable bonds is 3. The molecule has 0 aliphatic heterocycles. The molecule has 1 aromatic carbocycles. The summed E-state index contributed by atoms with van der Waals surface area (Å²) in [6.45, 7) is 0. The summed E-state index contributed by atoms with van der Waals surface area (Å²) in [4.78, 5) is 0.260. The van der Waals surface area contributed by atoms with Crippen molar-refractivity contribution in [2.45, 2.75) is 17.4 Å². The van der Waals surface area contributed by atoms with Crippen molar-refractivity contribution in [3.05, 3.63) is 29.8 Å². The summed E-state index contributed by atoms with van der Waals surface area (Å²) in [7, 11) is -3.16. The molecule has 2 N–H and O–H groups in total. The van der Waals surface area contributed by atoms with Crippen molar-refractivity contribution in [3.63, 3.8) is 0 Å². The van der Waals surface area contributed by atoms with Crippen molar-refractivity contribution in [1.82, 2.24) is 0 Å². The van der Waals surface area contributed by atoms with Gasteiger partial charge in [-0.15, -0.1) is 12.4 Å². The van der Waals surface area contributed by atoms with E-state index >= 15 is 0 Å². The molecule has 0 aromatic heterocycles. The van der Waals surface area contributed by atoms with Gasteiger partial charge in [-0.25, -0.2) is 8.42 Å². The molecular weight excluding hydrogens is 248 g/mol. The monoisotopic (exact) mass is 260 g/mol. The summed E-state index contributed by atoms with van der Waals surface area (Å²) in [6, 6.07) is 7.89. The molecule has 0 spiro atoms. The molecule has 6 heteroatoms. The normalized spacial score (nSPS) is 12.3. The molecule has 0 saturated heterocycles. The lowest BCUT2D eigenvalue weighted by Gasteiger charge is -2.07. The smallest absolute Gasteiger partial charge is 0.175 e. The van der Waals surface area contributed by atoms with Crippen molar-refractivity contribution in [2.75, 3.05) is 6.26 Å². The van der Waals surface area contributed by atoms with Crippen molar-refractivity contribution in [3.8, 4) is 6.07 Å². The lowest BCUT2D eigenvalue weighted by Crippen LogP contribution is -2.09. The first-order valence-corrected chi connectivity index (χ1v) is 6.27. The van der Waals surface area contributed by atoms with Gasteiger partial charge in [0, 0.05) is 12.3 Å². The second-order valence-corrected chi connectivity index (χ2v) is 5.33. The molecule has 0 unspecified atom stereocenters. The highest BCUT2D eigenvalue weighted by Crippen LogP contribution is 2.16. The molecule has 0 aliphatic carbocycles. The van der Waals surface area contributed by atoms with Gasteiger partial charge < -0.3 is 5.73 Å². The van der Waals surface area contributed by atoms with Crippen LogP contribution in [-0.2, 0) is 9.84 Å². The minimum absolute atomic E-state index is 0. The molecule has 0 bridgehead atoms. The summed E-state index contributed by atoms with van der Waals surface area (Å²) in [5.41, 5.74) is 6.46. The fraction of sp³-hybridized carbons (Fsp3) is 0.300. The second-order valence-electron chi connectivity index (χ2n) is 3.31. The van der Waals surface area contributed by atoms with Crippen LogP contribution in [0.3, 0.4) is 0 Å². The molecule has 4 nitrogen and oxygen atoms in total. The Morgan fingerprint density at radius 3 is 2.25 bits per heavy atom. The summed E-state index contributed by atoms with van der Waals surface area (Å²) >= 11 is 0. The van der Waals surface area contributed by atoms with Crippen LogP contribution in [0, 0.1) is 11.3 Å². The first kappa shape index (κ1) is 14.9. The van der Waals surface area contributed by atoms with E-state index in [9.17, 15) is 8.42 Å². The molecule has 0 aliphatic rings. The number of sulfone groups is 1. The maximum absolute atomic E-state index is 11.2. The standard InChI is InChI=1S/C10H12N2O2S.ClH/c1-15(13,14)9-4-2-8(3-5-9)10(12)6-7-11;/h2-5,10H,6,12H2,1H3;1H/t10-;/m0./s1. The van der Waals surface area contributed by atoms with E-state index in [1.165, 1.54) is 12.1 Å². The molecule has 0 saturated carbocycles. The third-order valence-corrected chi connectivity index (χ3v) is 3.18. The number of nitrogens with zero attached hydrogens (tertiary/aromatic N) is 1. The predicted molar refractivity (Wildman–Crippen MR) is 64.0 cm³/mol. The SMILES string of the molecule is CS(=O)(=O)c1ccc([C@@H](N)CC#N)cc1.Cl. The summed E-state index contributed by atoms with van der Waals surface area (Å²) in [6.07, 6.45) is 1.37. The average molecular weight is 261 g/mol. The van der Waals surface area contributed by atoms with Gasteiger partial charge in [0.15, 0.2) is 9.84 Å². The van der Waals surface area contributed by atoms with Crippen molar-refractivity contribution in [1.29, 1.82) is 5.26 Å². The Balaban J connectivity index is 0.00000225. The Morgan fingerprint density at radius 2 is 1.88 bits per heavy atom. The second kappa shape index (κ2) is 5.85. The van der Waals surface area contributed by atoms with Gasteiger partial charge in [-0.3, -0.25) is 0 Å². The van der Waals surface area contributed by atoms with Gasteiger partial charge in [0.25, 0.3) is 0 Å². The van der Waals surface area contributed by atoms with Crippen LogP contribution in [0.2, 0.25) is 0 Å². The third-order valence-electron chi connectivity index (χ3n) is 2.05. The summed E-state index contributed by atoms with van der Waals surface area (Å²) < 4.78 is 22.3. The van der Waals surface area contributed by atoms with Crippen LogP contribution in [0.25, 0.3) is 0 Å². The highest BCUT2D eigenvalue weighted by atomic mass is 35.5. The van der Waals surface area contributed by atoms with Gasteiger partial charge in [-0.05, 0) is 17.7 Å². The van der Waals surface area contributed by atoms with E-state index in [0.29, 0.717) is 0 Å². The Labute approximate surface area is 101 Å². The number of nitriles is 1. The topological polar surface area (TPSA) is 83.9 Å². The van der Waals surface area contributed by atoms with Gasteiger partial charge in [0.2, 0.25) is 0 Å². The summed E-state index contributed by atoms with van der Waals surface area (Å²) in [5.74, 6) is 0. The Kier molecular flexibility index (Phi) is 5.45. The van der Waals surface area contributed by atoms with E-state index in [0.717, 1.165) is 11.8 Å². The zero-order valence-electron chi connectivity index (χ0n) is 8.75. The predicted octanol–water partition coefficient (Wildman–Crippen LogP) is 1.43. The zero-order chi connectivity index (χ0) is 11.5. The van der Waals surface area contributed by atoms with E-state index in [2.05, 4.69) is 0 Å². The van der Waals surface area contributed by atoms with E-state index in [-0.39, 0.29) is 29.8 Å². The van der Waals surface area contributed by atoms with Crippen LogP contribution < -0.4 is 5.73 Å². The van der Waals surface area contributed by atoms with Crippen LogP contribution in [0.4, 0.5) is 0 Å². The van der Waals surface area contributed by atoms with Crippen LogP contribution in [0.15, 0.2) is 29.2 Å². The molecule has 0 heterocycles. The van der Waals surface area contributed by atoms with Crippen molar-refractivity contribution >= 4 is 22.2 Å². The molecule has 1 atom stereocenters. The number of hydrogen-bond acceptors (Lipinski definition) is 4. The Morgan fingerprint density at radius 1 is 1.38 bits per heavy atom. The van der Waals surface area contributed by atoms with Gasteiger partial charge in [-0.1, -0.05) is 12.1 Å². The van der Waals surface area contributed by atoms with Crippen LogP contribution in [0.5, 0.6) is 0 Å². The van der Waals surface area contributed by atoms with Crippen molar-refractivity contribution < 1.29 is 8.42 Å². The van der Waals surface area contributed by atoms with Gasteiger partial charge >= 0.3 is 0 Å². The van der Waals surface area contributed by atoms with E-state index in [1.807, 2.05) is 6.07 Å². The number of hydrogen-bond donors (Lipinski definition) is 1. The zero-order valence-corrected chi connectivity index (χ0v) is 10.4. The molecule has 0 fully saturated rings. The number of halogens is 1. The average Bonchev–Trinajstić information content (AvgIpc) is 2.17. The minimum Gasteiger partial charge on any atom is -0.323 e. The third kappa shape index (κ3) is 3.81. The highest BCUT2D eigenvalue weighted by molar-refractivity contribution is 7.90. The van der Waals surface area contributed by atoms with Crippen molar-refractivity contribution in [2.24, 2.45) is 5.73 Å². The Hall–Kier alpha value is -1.09. The molecule has 1 rings (SSSR count). The first-order valence-electron chi connectivity index (χ1n) is 4.37. The minimum atomic E-state index is -3.16. The largest absolute Gasteiger partial charge is 0.323 e. The molecule has 16 heavy (non-hydrogen) atoms. The number of benzene rings is 1. The lowest BCUT2D eigenvalue weighted by atomic mass is 10.1. The van der Waals surface area contributed by atoms with E-state index < -0.39 is 9.84 Å². The Bertz CT molecular complexity index is 477. The quantitative estimate of drug-likeness (QED) is 0.891. The van der Waals surface area contributed by atoms with Crippen LogP contribution in [0.1, 0.15) is 18.0 Å². The highest BCUT2D eigenvalue weighted by Gasteiger charge is 2.09. The van der Waals surface area contributed by atoms with Gasteiger partial charge in [-0.2, -0.15) is 5.26 Å². The molecule has 0 radical (unpaired) electrons. The van der Waals surface area contributed by atoms with E-state index in [1.54, 1.807) is 12.1 Å². The van der Waals surface area contributed by atoms with Crippen LogP contribution in [-0.4, -0.2) is 14.7 Å². The molecular formula is C10H13ClN2O2S. The fourth-order valence-corrected chi connectivity index (χ4v) is 1.81. The maximum atomic E-state index is 11.2. The molecule has 0 amide bonds. The molecule has 1 aromatic rings. The maximum Gasteiger partial charge on any atom is 0.175 e. The van der Waals surface area contributed by atoms with Gasteiger partial charge in [0.1, 0.15) is 0 Å². The fourth-order valence-electron chi connectivity index (χ4n) is 1.18. The van der Waals surface area contributed by atoms with Crippen LogP contribution >= 0.6 is 12.4 Å². The lowest BCUT2D eigenvalue weighted by molar-refractivity contribution is 0.601. The van der Waals surface area contributed by atoms with Gasteiger partial charge in [0.05, 0.1) is 17.4 Å². The molecule has 88 valence electrons. The first-order chi connectivity index (χ1) is 6.95.